The van der Waals surface area contributed by atoms with Crippen LogP contribution in [0, 0.1) is 0 Å². The third-order valence-corrected chi connectivity index (χ3v) is 6.28. The fourth-order valence-corrected chi connectivity index (χ4v) is 4.65. The zero-order valence-corrected chi connectivity index (χ0v) is 17.5. The number of halogens is 3. The molecule has 2 aliphatic heterocycles. The van der Waals surface area contributed by atoms with Gasteiger partial charge in [-0.25, -0.2) is 9.97 Å². The van der Waals surface area contributed by atoms with Crippen molar-refractivity contribution in [1.82, 2.24) is 19.9 Å². The Bertz CT molecular complexity index is 1100. The molecule has 2 aliphatic rings. The van der Waals surface area contributed by atoms with Gasteiger partial charge in [0.15, 0.2) is 0 Å². The van der Waals surface area contributed by atoms with Crippen LogP contribution in [0.5, 0.6) is 5.75 Å². The van der Waals surface area contributed by atoms with E-state index in [4.69, 9.17) is 9.47 Å². The maximum absolute atomic E-state index is 13.3. The smallest absolute Gasteiger partial charge is 0.431 e. The molecule has 0 saturated carbocycles. The Morgan fingerprint density at radius 1 is 1.25 bits per heavy atom. The van der Waals surface area contributed by atoms with Gasteiger partial charge >= 0.3 is 6.18 Å². The molecule has 7 nitrogen and oxygen atoms in total. The lowest BCUT2D eigenvalue weighted by atomic mass is 9.93. The normalized spacial score (nSPS) is 24.2. The quantitative estimate of drug-likeness (QED) is 0.630. The third kappa shape index (κ3) is 3.88. The first kappa shape index (κ1) is 21.0. The molecule has 10 heteroatoms. The summed E-state index contributed by atoms with van der Waals surface area (Å²) in [7, 11) is 1.72. The number of likely N-dealkylation sites (tertiary alicyclic amines) is 1. The lowest BCUT2D eigenvalue weighted by Crippen LogP contribution is -2.53. The Balaban J connectivity index is 1.52. The van der Waals surface area contributed by atoms with E-state index in [1.165, 1.54) is 6.33 Å². The highest BCUT2D eigenvalue weighted by Gasteiger charge is 2.38. The van der Waals surface area contributed by atoms with Crippen LogP contribution < -0.4 is 10.1 Å². The number of anilines is 1. The second kappa shape index (κ2) is 8.25. The monoisotopic (exact) mass is 447 g/mol. The SMILES string of the molecule is CO[C@H]1CCCN([C@H]2COc3ccccc3[C@@H]2Nc2ncnc3[nH]c(C(F)(F)F)cc23)C1. The first-order chi connectivity index (χ1) is 15.4. The predicted molar refractivity (Wildman–Crippen MR) is 113 cm³/mol. The molecule has 1 saturated heterocycles. The van der Waals surface area contributed by atoms with E-state index in [2.05, 4.69) is 25.2 Å². The van der Waals surface area contributed by atoms with Crippen molar-refractivity contribution in [2.75, 3.05) is 32.1 Å². The van der Waals surface area contributed by atoms with E-state index >= 15 is 0 Å². The summed E-state index contributed by atoms with van der Waals surface area (Å²) in [6.45, 7) is 2.13. The van der Waals surface area contributed by atoms with Crippen LogP contribution in [0.3, 0.4) is 0 Å². The second-order valence-electron chi connectivity index (χ2n) is 8.20. The molecular formula is C22H24F3N5O2. The number of benzene rings is 1. The molecule has 3 aromatic rings. The average Bonchev–Trinajstić information content (AvgIpc) is 3.25. The maximum Gasteiger partial charge on any atom is 0.431 e. The van der Waals surface area contributed by atoms with Crippen molar-refractivity contribution in [2.24, 2.45) is 0 Å². The summed E-state index contributed by atoms with van der Waals surface area (Å²) in [5.41, 5.74) is 0.240. The van der Waals surface area contributed by atoms with Gasteiger partial charge in [0.2, 0.25) is 0 Å². The molecule has 170 valence electrons. The molecule has 4 heterocycles. The molecule has 0 radical (unpaired) electrons. The molecule has 3 atom stereocenters. The number of methoxy groups -OCH3 is 1. The van der Waals surface area contributed by atoms with Crippen molar-refractivity contribution in [3.8, 4) is 5.75 Å². The van der Waals surface area contributed by atoms with Crippen LogP contribution in [-0.2, 0) is 10.9 Å². The second-order valence-corrected chi connectivity index (χ2v) is 8.20. The number of hydrogen-bond acceptors (Lipinski definition) is 6. The van der Waals surface area contributed by atoms with E-state index in [1.54, 1.807) is 7.11 Å². The van der Waals surface area contributed by atoms with Gasteiger partial charge < -0.3 is 19.8 Å². The Kier molecular flexibility index (Phi) is 5.42. The molecular weight excluding hydrogens is 423 g/mol. The lowest BCUT2D eigenvalue weighted by Gasteiger charge is -2.44. The number of ether oxygens (including phenoxy) is 2. The van der Waals surface area contributed by atoms with Crippen LogP contribution in [0.25, 0.3) is 11.0 Å². The average molecular weight is 447 g/mol. The summed E-state index contributed by atoms with van der Waals surface area (Å²) in [6, 6.07) is 8.52. The minimum Gasteiger partial charge on any atom is -0.491 e. The van der Waals surface area contributed by atoms with Crippen LogP contribution in [-0.4, -0.2) is 58.8 Å². The Labute approximate surface area is 182 Å². The van der Waals surface area contributed by atoms with Crippen molar-refractivity contribution < 1.29 is 22.6 Å². The fourth-order valence-electron chi connectivity index (χ4n) is 4.65. The highest BCUT2D eigenvalue weighted by molar-refractivity contribution is 5.88. The molecule has 2 aromatic heterocycles. The van der Waals surface area contributed by atoms with Gasteiger partial charge in [-0.05, 0) is 31.5 Å². The molecule has 0 unspecified atom stereocenters. The number of rotatable bonds is 4. The summed E-state index contributed by atoms with van der Waals surface area (Å²) < 4.78 is 51.4. The molecule has 1 fully saturated rings. The van der Waals surface area contributed by atoms with Gasteiger partial charge in [-0.15, -0.1) is 0 Å². The predicted octanol–water partition coefficient (Wildman–Crippen LogP) is 4.00. The third-order valence-electron chi connectivity index (χ3n) is 6.28. The maximum atomic E-state index is 13.3. The van der Waals surface area contributed by atoms with E-state index in [0.717, 1.165) is 43.3 Å². The molecule has 32 heavy (non-hydrogen) atoms. The van der Waals surface area contributed by atoms with Crippen LogP contribution in [0.4, 0.5) is 19.0 Å². The molecule has 0 aliphatic carbocycles. The van der Waals surface area contributed by atoms with Gasteiger partial charge in [0.25, 0.3) is 0 Å². The largest absolute Gasteiger partial charge is 0.491 e. The number of nitrogens with one attached hydrogen (secondary N) is 2. The Morgan fingerprint density at radius 3 is 2.91 bits per heavy atom. The van der Waals surface area contributed by atoms with E-state index in [0.29, 0.717) is 17.8 Å². The zero-order chi connectivity index (χ0) is 22.3. The number of fused-ring (bicyclic) bond motifs is 2. The van der Waals surface area contributed by atoms with Gasteiger partial charge in [0.1, 0.15) is 35.8 Å². The van der Waals surface area contributed by atoms with E-state index in [9.17, 15) is 13.2 Å². The lowest BCUT2D eigenvalue weighted by molar-refractivity contribution is -0.140. The number of nitrogens with zero attached hydrogens (tertiary/aromatic N) is 3. The van der Waals surface area contributed by atoms with Gasteiger partial charge in [-0.2, -0.15) is 13.2 Å². The van der Waals surface area contributed by atoms with Gasteiger partial charge in [0.05, 0.1) is 23.6 Å². The van der Waals surface area contributed by atoms with E-state index in [-0.39, 0.29) is 23.8 Å². The molecule has 5 rings (SSSR count). The molecule has 0 bridgehead atoms. The summed E-state index contributed by atoms with van der Waals surface area (Å²) >= 11 is 0. The van der Waals surface area contributed by atoms with Crippen molar-refractivity contribution >= 4 is 16.9 Å². The molecule has 2 N–H and O–H groups in total. The first-order valence-corrected chi connectivity index (χ1v) is 10.6. The number of aromatic nitrogens is 3. The van der Waals surface area contributed by atoms with Gasteiger partial charge in [0, 0.05) is 19.2 Å². The zero-order valence-electron chi connectivity index (χ0n) is 17.5. The minimum atomic E-state index is -4.49. The highest BCUT2D eigenvalue weighted by atomic mass is 19.4. The first-order valence-electron chi connectivity index (χ1n) is 10.6. The van der Waals surface area contributed by atoms with Crippen molar-refractivity contribution in [1.29, 1.82) is 0 Å². The van der Waals surface area contributed by atoms with Crippen LogP contribution >= 0.6 is 0 Å². The number of para-hydroxylation sites is 1. The number of piperidine rings is 1. The number of hydrogen-bond donors (Lipinski definition) is 2. The molecule has 1 aromatic carbocycles. The van der Waals surface area contributed by atoms with Crippen LogP contribution in [0.2, 0.25) is 0 Å². The van der Waals surface area contributed by atoms with Gasteiger partial charge in [-0.3, -0.25) is 4.90 Å². The van der Waals surface area contributed by atoms with Gasteiger partial charge in [-0.1, -0.05) is 18.2 Å². The van der Waals surface area contributed by atoms with E-state index in [1.807, 2.05) is 24.3 Å². The molecule has 0 spiro atoms. The summed E-state index contributed by atoms with van der Waals surface area (Å²) in [6.07, 6.45) is -1.07. The van der Waals surface area contributed by atoms with Crippen LogP contribution in [0.1, 0.15) is 30.1 Å². The van der Waals surface area contributed by atoms with Crippen molar-refractivity contribution in [3.63, 3.8) is 0 Å². The van der Waals surface area contributed by atoms with Crippen LogP contribution in [0.15, 0.2) is 36.7 Å². The fraction of sp³-hybridized carbons (Fsp3) is 0.455. The van der Waals surface area contributed by atoms with Crippen molar-refractivity contribution in [3.05, 3.63) is 47.9 Å². The van der Waals surface area contributed by atoms with E-state index < -0.39 is 11.9 Å². The minimum absolute atomic E-state index is 0.0334. The Morgan fingerprint density at radius 2 is 2.09 bits per heavy atom. The standard InChI is InChI=1S/C22H24F3N5O2/c1-31-13-5-4-8-30(10-13)16-11-32-17-7-3-2-6-14(17)19(16)29-21-15-9-18(22(23,24)25)28-20(15)26-12-27-21/h2-3,6-7,9,12-13,16,19H,4-5,8,10-11H2,1H3,(H2,26,27,28,29)/t13-,16-,19-/m0/s1. The number of alkyl halides is 3. The summed E-state index contributed by atoms with van der Waals surface area (Å²) in [5.74, 6) is 1.12. The molecule has 0 amide bonds. The summed E-state index contributed by atoms with van der Waals surface area (Å²) in [5, 5.41) is 3.73. The Hall–Kier alpha value is -2.85. The number of H-pyrrole nitrogens is 1. The van der Waals surface area contributed by atoms with Crippen molar-refractivity contribution in [2.45, 2.75) is 37.2 Å². The highest BCUT2D eigenvalue weighted by Crippen LogP contribution is 2.39. The topological polar surface area (TPSA) is 75.3 Å². The summed E-state index contributed by atoms with van der Waals surface area (Å²) in [4.78, 5) is 13.0. The number of aromatic amines is 1.